The highest BCUT2D eigenvalue weighted by molar-refractivity contribution is 5.93. The van der Waals surface area contributed by atoms with Gasteiger partial charge >= 0.3 is 5.97 Å². The summed E-state index contributed by atoms with van der Waals surface area (Å²) >= 11 is 0. The predicted molar refractivity (Wildman–Crippen MR) is 106 cm³/mol. The van der Waals surface area contributed by atoms with Gasteiger partial charge in [-0.1, -0.05) is 30.3 Å². The van der Waals surface area contributed by atoms with Crippen molar-refractivity contribution in [1.29, 1.82) is 0 Å². The molecule has 0 fully saturated rings. The molecule has 1 aliphatic rings. The molecule has 0 unspecified atom stereocenters. The van der Waals surface area contributed by atoms with Gasteiger partial charge < -0.3 is 20.3 Å². The first kappa shape index (κ1) is 17.9. The smallest absolute Gasteiger partial charge is 0.337 e. The Labute approximate surface area is 162 Å². The van der Waals surface area contributed by atoms with Gasteiger partial charge in [-0.05, 0) is 35.7 Å². The molecule has 142 valence electrons. The van der Waals surface area contributed by atoms with Crippen LogP contribution in [0.2, 0.25) is 0 Å². The third-order valence-corrected chi connectivity index (χ3v) is 4.98. The lowest BCUT2D eigenvalue weighted by Crippen LogP contribution is -2.21. The van der Waals surface area contributed by atoms with Gasteiger partial charge in [0, 0.05) is 24.2 Å². The molecule has 6 nitrogen and oxygen atoms in total. The lowest BCUT2D eigenvalue weighted by molar-refractivity contribution is 0.0697. The first-order valence-corrected chi connectivity index (χ1v) is 9.10. The van der Waals surface area contributed by atoms with E-state index in [1.165, 1.54) is 18.5 Å². The molecule has 0 amide bonds. The number of aromatic hydroxyl groups is 1. The van der Waals surface area contributed by atoms with Crippen LogP contribution in [-0.2, 0) is 0 Å². The molecule has 3 N–H and O–H groups in total. The minimum atomic E-state index is -0.982. The van der Waals surface area contributed by atoms with Gasteiger partial charge in [-0.15, -0.1) is 0 Å². The van der Waals surface area contributed by atoms with Crippen molar-refractivity contribution in [1.82, 2.24) is 4.98 Å². The number of hydrogen-bond acceptors (Lipinski definition) is 5. The summed E-state index contributed by atoms with van der Waals surface area (Å²) in [6.45, 7) is 1.17. The number of hydrogen-bond donors (Lipinski definition) is 3. The minimum absolute atomic E-state index is 0.184. The Morgan fingerprint density at radius 2 is 2.07 bits per heavy atom. The first-order chi connectivity index (χ1) is 13.6. The molecule has 6 heteroatoms. The number of fused-ring (bicyclic) bond motifs is 1. The van der Waals surface area contributed by atoms with E-state index in [4.69, 9.17) is 4.74 Å². The highest BCUT2D eigenvalue weighted by Gasteiger charge is 2.23. The fourth-order valence-electron chi connectivity index (χ4n) is 3.52. The molecule has 3 aromatic rings. The summed E-state index contributed by atoms with van der Waals surface area (Å²) in [5, 5.41) is 22.6. The molecular formula is C22H20N2O4. The van der Waals surface area contributed by atoms with E-state index in [0.29, 0.717) is 18.8 Å². The summed E-state index contributed by atoms with van der Waals surface area (Å²) < 4.78 is 5.85. The maximum absolute atomic E-state index is 11.4. The van der Waals surface area contributed by atoms with Crippen LogP contribution in [0.1, 0.15) is 28.3 Å². The third kappa shape index (κ3) is 3.49. The van der Waals surface area contributed by atoms with Crippen molar-refractivity contribution in [3.63, 3.8) is 0 Å². The Morgan fingerprint density at radius 3 is 2.89 bits per heavy atom. The normalized spacial score (nSPS) is 15.4. The van der Waals surface area contributed by atoms with Crippen molar-refractivity contribution in [2.24, 2.45) is 0 Å². The van der Waals surface area contributed by atoms with Gasteiger partial charge in [0.05, 0.1) is 24.1 Å². The molecule has 0 saturated heterocycles. The number of pyridine rings is 1. The molecular weight excluding hydrogens is 356 g/mol. The van der Waals surface area contributed by atoms with Crippen LogP contribution in [0.25, 0.3) is 11.1 Å². The van der Waals surface area contributed by atoms with Gasteiger partial charge in [-0.25, -0.2) is 4.79 Å². The second kappa shape index (κ2) is 7.60. The van der Waals surface area contributed by atoms with Crippen molar-refractivity contribution in [2.45, 2.75) is 12.3 Å². The van der Waals surface area contributed by atoms with Crippen LogP contribution in [0, 0.1) is 0 Å². The van der Waals surface area contributed by atoms with E-state index in [9.17, 15) is 15.0 Å². The number of aromatic nitrogens is 1. The fourth-order valence-corrected chi connectivity index (χ4v) is 3.52. The number of phenolic OH excluding ortho intramolecular Hbond substituents is 1. The van der Waals surface area contributed by atoms with Crippen molar-refractivity contribution < 1.29 is 19.7 Å². The molecule has 1 aliphatic heterocycles. The van der Waals surface area contributed by atoms with E-state index in [-0.39, 0.29) is 17.2 Å². The number of carboxylic acid groups (broad SMARTS) is 1. The van der Waals surface area contributed by atoms with Gasteiger partial charge in [0.2, 0.25) is 0 Å². The molecule has 2 aromatic carbocycles. The molecule has 1 aromatic heterocycles. The number of nitrogens with one attached hydrogen (secondary N) is 1. The van der Waals surface area contributed by atoms with E-state index in [1.54, 1.807) is 12.1 Å². The molecule has 0 saturated carbocycles. The number of para-hydroxylation sites is 1. The SMILES string of the molecule is O=C(O)c1ccncc1NC[C@@H]1CCOc2cc(-c3ccccc3O)ccc21. The van der Waals surface area contributed by atoms with Crippen molar-refractivity contribution in [3.8, 4) is 22.6 Å². The first-order valence-electron chi connectivity index (χ1n) is 9.10. The van der Waals surface area contributed by atoms with Crippen LogP contribution in [0.15, 0.2) is 60.9 Å². The number of nitrogens with zero attached hydrogens (tertiary/aromatic N) is 1. The van der Waals surface area contributed by atoms with Crippen LogP contribution >= 0.6 is 0 Å². The fraction of sp³-hybridized carbons (Fsp3) is 0.182. The van der Waals surface area contributed by atoms with Gasteiger partial charge in [0.15, 0.2) is 0 Å². The van der Waals surface area contributed by atoms with Crippen molar-refractivity contribution in [3.05, 3.63) is 72.1 Å². The van der Waals surface area contributed by atoms with Crippen molar-refractivity contribution >= 4 is 11.7 Å². The van der Waals surface area contributed by atoms with Gasteiger partial charge in [0.25, 0.3) is 0 Å². The Hall–Kier alpha value is -3.54. The minimum Gasteiger partial charge on any atom is -0.507 e. The average molecular weight is 376 g/mol. The van der Waals surface area contributed by atoms with E-state index in [0.717, 1.165) is 28.9 Å². The summed E-state index contributed by atoms with van der Waals surface area (Å²) in [5.41, 5.74) is 3.44. The summed E-state index contributed by atoms with van der Waals surface area (Å²) in [7, 11) is 0. The van der Waals surface area contributed by atoms with E-state index < -0.39 is 5.97 Å². The van der Waals surface area contributed by atoms with Gasteiger partial charge in [0.1, 0.15) is 11.5 Å². The third-order valence-electron chi connectivity index (χ3n) is 4.98. The summed E-state index contributed by atoms with van der Waals surface area (Å²) in [4.78, 5) is 15.4. The Morgan fingerprint density at radius 1 is 1.21 bits per heavy atom. The number of anilines is 1. The van der Waals surface area contributed by atoms with Crippen LogP contribution < -0.4 is 10.1 Å². The molecule has 2 heterocycles. The second-order valence-corrected chi connectivity index (χ2v) is 6.71. The van der Waals surface area contributed by atoms with Crippen LogP contribution in [0.4, 0.5) is 5.69 Å². The Bertz CT molecular complexity index is 1020. The molecule has 0 bridgehead atoms. The molecule has 28 heavy (non-hydrogen) atoms. The van der Waals surface area contributed by atoms with E-state index in [2.05, 4.69) is 10.3 Å². The quantitative estimate of drug-likeness (QED) is 0.620. The zero-order valence-corrected chi connectivity index (χ0v) is 15.1. The highest BCUT2D eigenvalue weighted by atomic mass is 16.5. The van der Waals surface area contributed by atoms with Crippen LogP contribution in [-0.4, -0.2) is 34.3 Å². The average Bonchev–Trinajstić information content (AvgIpc) is 2.72. The standard InChI is InChI=1S/C22H20N2O4/c25-20-4-2-1-3-16(20)14-5-6-17-15(8-10-28-21(17)11-14)12-24-19-13-23-9-7-18(19)22(26)27/h1-7,9,11,13,15,24-25H,8,10,12H2,(H,26,27)/t15-/m0/s1. The summed E-state index contributed by atoms with van der Waals surface area (Å²) in [6, 6.07) is 14.6. The molecule has 4 rings (SSSR count). The maximum atomic E-state index is 11.4. The summed E-state index contributed by atoms with van der Waals surface area (Å²) in [6.07, 6.45) is 3.84. The van der Waals surface area contributed by atoms with E-state index in [1.807, 2.05) is 30.3 Å². The molecule has 0 radical (unpaired) electrons. The van der Waals surface area contributed by atoms with Gasteiger partial charge in [-0.2, -0.15) is 0 Å². The van der Waals surface area contributed by atoms with Gasteiger partial charge in [-0.3, -0.25) is 4.98 Å². The topological polar surface area (TPSA) is 91.7 Å². The monoisotopic (exact) mass is 376 g/mol. The molecule has 0 aliphatic carbocycles. The number of aromatic carboxylic acids is 1. The Kier molecular flexibility index (Phi) is 4.85. The maximum Gasteiger partial charge on any atom is 0.337 e. The van der Waals surface area contributed by atoms with Crippen LogP contribution in [0.5, 0.6) is 11.5 Å². The second-order valence-electron chi connectivity index (χ2n) is 6.71. The highest BCUT2D eigenvalue weighted by Crippen LogP contribution is 2.38. The number of rotatable bonds is 5. The number of carbonyl (C=O) groups is 1. The number of phenols is 1. The summed E-state index contributed by atoms with van der Waals surface area (Å²) in [5.74, 6) is 0.228. The number of benzene rings is 2. The van der Waals surface area contributed by atoms with E-state index >= 15 is 0 Å². The van der Waals surface area contributed by atoms with Crippen LogP contribution in [0.3, 0.4) is 0 Å². The van der Waals surface area contributed by atoms with Crippen molar-refractivity contribution in [2.75, 3.05) is 18.5 Å². The molecule has 0 spiro atoms. The zero-order chi connectivity index (χ0) is 19.5. The lowest BCUT2D eigenvalue weighted by Gasteiger charge is -2.27. The predicted octanol–water partition coefficient (Wildman–Crippen LogP) is 4.13. The zero-order valence-electron chi connectivity index (χ0n) is 15.1. The lowest BCUT2D eigenvalue weighted by atomic mass is 9.90. The Balaban J connectivity index is 1.57. The number of carboxylic acids is 1. The molecule has 1 atom stereocenters. The largest absolute Gasteiger partial charge is 0.507 e. The number of ether oxygens (including phenoxy) is 1.